The molecular weight excluding hydrogens is 433 g/mol. The molecule has 2 heterocycles. The number of halogens is 3. The summed E-state index contributed by atoms with van der Waals surface area (Å²) in [7, 11) is 0. The number of hydrogen-bond donors (Lipinski definition) is 1. The summed E-state index contributed by atoms with van der Waals surface area (Å²) in [6.45, 7) is 2.48. The van der Waals surface area contributed by atoms with Gasteiger partial charge in [-0.1, -0.05) is 24.3 Å². The average molecular weight is 454 g/mol. The first-order valence-corrected chi connectivity index (χ1v) is 10.3. The van der Waals surface area contributed by atoms with Crippen molar-refractivity contribution >= 4 is 16.8 Å². The number of carbonyl (C=O) groups is 1. The highest BCUT2D eigenvalue weighted by molar-refractivity contribution is 5.93. The zero-order valence-electron chi connectivity index (χ0n) is 17.8. The van der Waals surface area contributed by atoms with E-state index in [1.807, 2.05) is 28.9 Å². The molecule has 2 aromatic heterocycles. The molecule has 0 spiro atoms. The van der Waals surface area contributed by atoms with Crippen LogP contribution in [0.3, 0.4) is 0 Å². The van der Waals surface area contributed by atoms with E-state index in [1.54, 1.807) is 13.1 Å². The molecule has 0 aliphatic carbocycles. The summed E-state index contributed by atoms with van der Waals surface area (Å²) < 4.78 is 42.2. The number of amides is 1. The number of para-hydroxylation sites is 1. The maximum Gasteiger partial charge on any atom is 0.416 e. The van der Waals surface area contributed by atoms with Crippen molar-refractivity contribution in [3.63, 3.8) is 0 Å². The Labute approximate surface area is 187 Å². The fourth-order valence-electron chi connectivity index (χ4n) is 3.68. The van der Waals surface area contributed by atoms with Gasteiger partial charge < -0.3 is 5.32 Å². The molecule has 0 saturated heterocycles. The van der Waals surface area contributed by atoms with Gasteiger partial charge in [-0.15, -0.1) is 0 Å². The Hall–Kier alpha value is -3.88. The van der Waals surface area contributed by atoms with E-state index >= 15 is 0 Å². The number of nitrogens with zero attached hydrogens (tertiary/aromatic N) is 3. The Bertz CT molecular complexity index is 1370. The Morgan fingerprint density at radius 1 is 1.06 bits per heavy atom. The Morgan fingerprint density at radius 3 is 2.64 bits per heavy atom. The molecule has 1 N–H and O–H groups in total. The number of pyridine rings is 1. The van der Waals surface area contributed by atoms with Crippen molar-refractivity contribution in [2.75, 3.05) is 6.54 Å². The van der Waals surface area contributed by atoms with Gasteiger partial charge in [-0.2, -0.15) is 18.3 Å². The standard InChI is InChI=1S/C24H21F3N4O2/c1-16-10-11-20(23(33)31(16)19-8-4-7-18(14-19)24(25,26)27)22(32)28-12-5-13-30-21-9-3-2-6-17(21)15-29-30/h2-4,6-11,14-15H,5,12-13H2,1H3,(H,28,32). The summed E-state index contributed by atoms with van der Waals surface area (Å²) in [4.78, 5) is 25.6. The molecule has 0 radical (unpaired) electrons. The van der Waals surface area contributed by atoms with Crippen molar-refractivity contribution in [3.05, 3.63) is 94.0 Å². The molecule has 4 aromatic rings. The largest absolute Gasteiger partial charge is 0.416 e. The fraction of sp³-hybridized carbons (Fsp3) is 0.208. The highest BCUT2D eigenvalue weighted by atomic mass is 19.4. The van der Waals surface area contributed by atoms with Crippen molar-refractivity contribution in [3.8, 4) is 5.69 Å². The molecule has 0 aliphatic rings. The van der Waals surface area contributed by atoms with Crippen LogP contribution in [-0.4, -0.2) is 26.8 Å². The highest BCUT2D eigenvalue weighted by Crippen LogP contribution is 2.30. The van der Waals surface area contributed by atoms with Crippen molar-refractivity contribution < 1.29 is 18.0 Å². The maximum absolute atomic E-state index is 13.1. The second-order valence-corrected chi connectivity index (χ2v) is 7.61. The van der Waals surface area contributed by atoms with Gasteiger partial charge in [-0.3, -0.25) is 18.8 Å². The van der Waals surface area contributed by atoms with Crippen LogP contribution in [0.1, 0.15) is 28.0 Å². The molecule has 0 atom stereocenters. The SMILES string of the molecule is Cc1ccc(C(=O)NCCCn2ncc3ccccc32)c(=O)n1-c1cccc(C(F)(F)F)c1. The van der Waals surface area contributed by atoms with Crippen LogP contribution < -0.4 is 10.9 Å². The van der Waals surface area contributed by atoms with Crippen LogP contribution in [0.5, 0.6) is 0 Å². The van der Waals surface area contributed by atoms with E-state index in [1.165, 1.54) is 24.3 Å². The lowest BCUT2D eigenvalue weighted by Gasteiger charge is -2.14. The predicted octanol–water partition coefficient (Wildman–Crippen LogP) is 4.33. The van der Waals surface area contributed by atoms with Gasteiger partial charge in [0.2, 0.25) is 0 Å². The minimum atomic E-state index is -4.54. The predicted molar refractivity (Wildman–Crippen MR) is 118 cm³/mol. The second-order valence-electron chi connectivity index (χ2n) is 7.61. The van der Waals surface area contributed by atoms with E-state index in [0.717, 1.165) is 27.6 Å². The van der Waals surface area contributed by atoms with Gasteiger partial charge in [-0.25, -0.2) is 0 Å². The molecular formula is C24H21F3N4O2. The van der Waals surface area contributed by atoms with Crippen LogP contribution in [0.2, 0.25) is 0 Å². The topological polar surface area (TPSA) is 68.9 Å². The third kappa shape index (κ3) is 4.67. The van der Waals surface area contributed by atoms with Crippen LogP contribution in [0.4, 0.5) is 13.2 Å². The van der Waals surface area contributed by atoms with Crippen LogP contribution in [0.25, 0.3) is 16.6 Å². The number of fused-ring (bicyclic) bond motifs is 1. The monoisotopic (exact) mass is 454 g/mol. The molecule has 4 rings (SSSR count). The van der Waals surface area contributed by atoms with Crippen molar-refractivity contribution in [2.24, 2.45) is 0 Å². The number of hydrogen-bond acceptors (Lipinski definition) is 3. The second kappa shape index (κ2) is 8.93. The van der Waals surface area contributed by atoms with E-state index < -0.39 is 23.2 Å². The summed E-state index contributed by atoms with van der Waals surface area (Å²) in [5.74, 6) is -0.578. The lowest BCUT2D eigenvalue weighted by atomic mass is 10.1. The summed E-state index contributed by atoms with van der Waals surface area (Å²) in [6, 6.07) is 15.2. The number of benzene rings is 2. The first kappa shape index (κ1) is 22.3. The van der Waals surface area contributed by atoms with Crippen LogP contribution in [0, 0.1) is 6.92 Å². The first-order chi connectivity index (χ1) is 15.8. The Balaban J connectivity index is 1.48. The minimum absolute atomic E-state index is 0.0486. The van der Waals surface area contributed by atoms with Gasteiger partial charge in [0.05, 0.1) is 17.3 Å². The fourth-order valence-corrected chi connectivity index (χ4v) is 3.68. The van der Waals surface area contributed by atoms with Crippen molar-refractivity contribution in [1.82, 2.24) is 19.7 Å². The number of aryl methyl sites for hydroxylation is 2. The average Bonchev–Trinajstić information content (AvgIpc) is 3.19. The van der Waals surface area contributed by atoms with Crippen LogP contribution in [0.15, 0.2) is 71.7 Å². The van der Waals surface area contributed by atoms with Crippen LogP contribution in [-0.2, 0) is 12.7 Å². The smallest absolute Gasteiger partial charge is 0.352 e. The van der Waals surface area contributed by atoms with Crippen LogP contribution >= 0.6 is 0 Å². The number of alkyl halides is 3. The molecule has 2 aromatic carbocycles. The third-order valence-electron chi connectivity index (χ3n) is 5.34. The molecule has 0 aliphatic heterocycles. The van der Waals surface area contributed by atoms with E-state index in [2.05, 4.69) is 10.4 Å². The van der Waals surface area contributed by atoms with Crippen molar-refractivity contribution in [2.45, 2.75) is 26.1 Å². The molecule has 0 saturated carbocycles. The van der Waals surface area contributed by atoms with Gasteiger partial charge in [0.25, 0.3) is 11.5 Å². The molecule has 0 bridgehead atoms. The highest BCUT2D eigenvalue weighted by Gasteiger charge is 2.30. The van der Waals surface area contributed by atoms with E-state index in [4.69, 9.17) is 0 Å². The van der Waals surface area contributed by atoms with E-state index in [9.17, 15) is 22.8 Å². The molecule has 6 nitrogen and oxygen atoms in total. The molecule has 170 valence electrons. The Morgan fingerprint density at radius 2 is 1.85 bits per heavy atom. The zero-order chi connectivity index (χ0) is 23.6. The number of nitrogens with one attached hydrogen (secondary N) is 1. The summed E-state index contributed by atoms with van der Waals surface area (Å²) in [5.41, 5.74) is -0.222. The third-order valence-corrected chi connectivity index (χ3v) is 5.34. The normalized spacial score (nSPS) is 11.6. The van der Waals surface area contributed by atoms with E-state index in [0.29, 0.717) is 25.2 Å². The van der Waals surface area contributed by atoms with Gasteiger partial charge in [0.15, 0.2) is 0 Å². The number of rotatable bonds is 6. The van der Waals surface area contributed by atoms with Gasteiger partial charge in [-0.05, 0) is 49.7 Å². The molecule has 0 fully saturated rings. The lowest BCUT2D eigenvalue weighted by Crippen LogP contribution is -2.34. The Kier molecular flexibility index (Phi) is 6.04. The first-order valence-electron chi connectivity index (χ1n) is 10.3. The minimum Gasteiger partial charge on any atom is -0.352 e. The summed E-state index contributed by atoms with van der Waals surface area (Å²) >= 11 is 0. The van der Waals surface area contributed by atoms with Crippen molar-refractivity contribution in [1.29, 1.82) is 0 Å². The van der Waals surface area contributed by atoms with Gasteiger partial charge in [0.1, 0.15) is 5.56 Å². The molecule has 33 heavy (non-hydrogen) atoms. The maximum atomic E-state index is 13.1. The summed E-state index contributed by atoms with van der Waals surface area (Å²) in [6.07, 6.45) is -2.18. The van der Waals surface area contributed by atoms with Gasteiger partial charge in [0, 0.05) is 29.9 Å². The molecule has 1 amide bonds. The van der Waals surface area contributed by atoms with Gasteiger partial charge >= 0.3 is 6.18 Å². The molecule has 9 heteroatoms. The quantitative estimate of drug-likeness (QED) is 0.441. The molecule has 0 unspecified atom stereocenters. The number of carbonyl (C=O) groups excluding carboxylic acids is 1. The lowest BCUT2D eigenvalue weighted by molar-refractivity contribution is -0.137. The summed E-state index contributed by atoms with van der Waals surface area (Å²) in [5, 5.41) is 8.07. The van der Waals surface area contributed by atoms with E-state index in [-0.39, 0.29) is 11.3 Å². The zero-order valence-corrected chi connectivity index (χ0v) is 17.8. The number of aromatic nitrogens is 3.